The number of aryl methyl sites for hydroxylation is 1. The van der Waals surface area contributed by atoms with Crippen LogP contribution in [0.1, 0.15) is 5.56 Å². The van der Waals surface area contributed by atoms with Crippen LogP contribution in [0.4, 0.5) is 0 Å². The van der Waals surface area contributed by atoms with E-state index in [1.165, 1.54) is 13.1 Å². The van der Waals surface area contributed by atoms with E-state index in [-0.39, 0.29) is 0 Å². The van der Waals surface area contributed by atoms with E-state index in [9.17, 15) is 0 Å². The van der Waals surface area contributed by atoms with E-state index in [0.717, 1.165) is 5.52 Å². The van der Waals surface area contributed by atoms with Crippen molar-refractivity contribution in [2.75, 3.05) is 0 Å². The van der Waals surface area contributed by atoms with Crippen LogP contribution in [0.15, 0.2) is 18.3 Å². The van der Waals surface area contributed by atoms with E-state index in [4.69, 9.17) is 0 Å². The molecule has 0 aliphatic carbocycles. The lowest BCUT2D eigenvalue weighted by Gasteiger charge is -1.90. The Kier molecular flexibility index (Phi) is 1.85. The van der Waals surface area contributed by atoms with Gasteiger partial charge in [0.15, 0.2) is 0 Å². The molecule has 56 valence electrons. The van der Waals surface area contributed by atoms with Crippen molar-refractivity contribution in [1.82, 2.24) is 4.98 Å². The number of hydrogen-bond donors (Lipinski definition) is 0. The van der Waals surface area contributed by atoms with Gasteiger partial charge in [0.1, 0.15) is 0 Å². The minimum atomic E-state index is 1.12. The van der Waals surface area contributed by atoms with Gasteiger partial charge in [0.2, 0.25) is 0 Å². The van der Waals surface area contributed by atoms with Crippen LogP contribution in [0, 0.1) is 9.81 Å². The molecular formula is C8H6INS. The number of rotatable bonds is 0. The lowest BCUT2D eigenvalue weighted by atomic mass is 10.3. The zero-order valence-electron chi connectivity index (χ0n) is 5.97. The van der Waals surface area contributed by atoms with Gasteiger partial charge >= 0.3 is 0 Å². The van der Waals surface area contributed by atoms with Crippen molar-refractivity contribution in [2.45, 2.75) is 6.92 Å². The fourth-order valence-corrected chi connectivity index (χ4v) is 2.80. The SMILES string of the molecule is Cc1ccnc2cc(I)sc12. The van der Waals surface area contributed by atoms with Crippen LogP contribution >= 0.6 is 33.9 Å². The third-order valence-corrected chi connectivity index (χ3v) is 3.60. The number of thiophene rings is 1. The van der Waals surface area contributed by atoms with Gasteiger partial charge in [-0.25, -0.2) is 0 Å². The van der Waals surface area contributed by atoms with Gasteiger partial charge in [-0.15, -0.1) is 11.3 Å². The molecule has 2 rings (SSSR count). The first-order valence-electron chi connectivity index (χ1n) is 3.28. The smallest absolute Gasteiger partial charge is 0.0823 e. The summed E-state index contributed by atoms with van der Waals surface area (Å²) in [6, 6.07) is 4.17. The second-order valence-electron chi connectivity index (χ2n) is 2.39. The third-order valence-electron chi connectivity index (χ3n) is 1.58. The van der Waals surface area contributed by atoms with Crippen LogP contribution in [-0.2, 0) is 0 Å². The van der Waals surface area contributed by atoms with Crippen molar-refractivity contribution in [3.8, 4) is 0 Å². The predicted octanol–water partition coefficient (Wildman–Crippen LogP) is 3.21. The monoisotopic (exact) mass is 275 g/mol. The average molecular weight is 275 g/mol. The van der Waals surface area contributed by atoms with Crippen LogP contribution in [0.25, 0.3) is 10.2 Å². The molecule has 0 unspecified atom stereocenters. The molecule has 0 bridgehead atoms. The fraction of sp³-hybridized carbons (Fsp3) is 0.125. The van der Waals surface area contributed by atoms with Gasteiger partial charge in [-0.1, -0.05) is 0 Å². The molecule has 0 radical (unpaired) electrons. The highest BCUT2D eigenvalue weighted by Crippen LogP contribution is 2.27. The maximum atomic E-state index is 4.27. The van der Waals surface area contributed by atoms with Crippen LogP contribution in [0.3, 0.4) is 0 Å². The van der Waals surface area contributed by atoms with Gasteiger partial charge in [0.25, 0.3) is 0 Å². The largest absolute Gasteiger partial charge is 0.255 e. The summed E-state index contributed by atoms with van der Waals surface area (Å²) >= 11 is 4.13. The maximum Gasteiger partial charge on any atom is 0.0823 e. The Morgan fingerprint density at radius 2 is 2.36 bits per heavy atom. The number of halogens is 1. The molecular weight excluding hydrogens is 269 g/mol. The normalized spacial score (nSPS) is 10.7. The minimum Gasteiger partial charge on any atom is -0.255 e. The van der Waals surface area contributed by atoms with Gasteiger partial charge in [-0.05, 0) is 47.2 Å². The summed E-state index contributed by atoms with van der Waals surface area (Å²) in [4.78, 5) is 4.27. The molecule has 0 aromatic carbocycles. The minimum absolute atomic E-state index is 1.12. The van der Waals surface area contributed by atoms with Crippen molar-refractivity contribution in [3.05, 3.63) is 26.8 Å². The molecule has 3 heteroatoms. The van der Waals surface area contributed by atoms with Gasteiger partial charge in [0.05, 0.1) is 13.1 Å². The summed E-state index contributed by atoms with van der Waals surface area (Å²) in [6.07, 6.45) is 1.86. The van der Waals surface area contributed by atoms with Crippen molar-refractivity contribution in [2.24, 2.45) is 0 Å². The topological polar surface area (TPSA) is 12.9 Å². The molecule has 0 atom stereocenters. The summed E-state index contributed by atoms with van der Waals surface area (Å²) in [5.41, 5.74) is 2.45. The van der Waals surface area contributed by atoms with Gasteiger partial charge < -0.3 is 0 Å². The first-order valence-corrected chi connectivity index (χ1v) is 5.17. The zero-order chi connectivity index (χ0) is 7.84. The molecule has 2 aromatic heterocycles. The van der Waals surface area contributed by atoms with E-state index >= 15 is 0 Å². The van der Waals surface area contributed by atoms with Crippen LogP contribution < -0.4 is 0 Å². The quantitative estimate of drug-likeness (QED) is 0.673. The lowest BCUT2D eigenvalue weighted by Crippen LogP contribution is -1.73. The number of hydrogen-bond acceptors (Lipinski definition) is 2. The first kappa shape index (κ1) is 7.49. The van der Waals surface area contributed by atoms with E-state index in [1.807, 2.05) is 6.20 Å². The highest BCUT2D eigenvalue weighted by Gasteiger charge is 2.01. The molecule has 2 aromatic rings. The highest BCUT2D eigenvalue weighted by molar-refractivity contribution is 14.1. The van der Waals surface area contributed by atoms with E-state index in [0.29, 0.717) is 0 Å². The molecule has 0 aliphatic heterocycles. The molecule has 11 heavy (non-hydrogen) atoms. The number of fused-ring (bicyclic) bond motifs is 1. The van der Waals surface area contributed by atoms with Gasteiger partial charge in [-0.3, -0.25) is 4.98 Å². The molecule has 1 nitrogen and oxygen atoms in total. The first-order chi connectivity index (χ1) is 5.27. The van der Waals surface area contributed by atoms with Crippen LogP contribution in [-0.4, -0.2) is 4.98 Å². The Balaban J connectivity index is 2.90. The molecule has 0 amide bonds. The Bertz CT molecular complexity index is 394. The third kappa shape index (κ3) is 1.27. The summed E-state index contributed by atoms with van der Waals surface area (Å²) in [7, 11) is 0. The van der Waals surface area contributed by atoms with E-state index < -0.39 is 0 Å². The fourth-order valence-electron chi connectivity index (χ4n) is 1.04. The molecule has 0 fully saturated rings. The average Bonchev–Trinajstić information content (AvgIpc) is 2.31. The Morgan fingerprint density at radius 3 is 3.09 bits per heavy atom. The van der Waals surface area contributed by atoms with E-state index in [1.54, 1.807) is 11.3 Å². The molecule has 0 spiro atoms. The number of aromatic nitrogens is 1. The summed E-state index contributed by atoms with van der Waals surface area (Å²) < 4.78 is 2.62. The molecule has 0 saturated carbocycles. The van der Waals surface area contributed by atoms with Crippen LogP contribution in [0.2, 0.25) is 0 Å². The van der Waals surface area contributed by atoms with Gasteiger partial charge in [-0.2, -0.15) is 0 Å². The zero-order valence-corrected chi connectivity index (χ0v) is 8.94. The Morgan fingerprint density at radius 1 is 1.55 bits per heavy atom. The second-order valence-corrected chi connectivity index (χ2v) is 5.34. The van der Waals surface area contributed by atoms with Crippen molar-refractivity contribution >= 4 is 44.1 Å². The van der Waals surface area contributed by atoms with Crippen LogP contribution in [0.5, 0.6) is 0 Å². The standard InChI is InChI=1S/C8H6INS/c1-5-2-3-10-6-4-7(9)11-8(5)6/h2-4H,1H3. The van der Waals surface area contributed by atoms with Gasteiger partial charge in [0, 0.05) is 6.20 Å². The Labute approximate surface area is 82.6 Å². The summed E-state index contributed by atoms with van der Waals surface area (Å²) in [5, 5.41) is 0. The number of nitrogens with zero attached hydrogens (tertiary/aromatic N) is 1. The second kappa shape index (κ2) is 2.71. The Hall–Kier alpha value is -0.160. The summed E-state index contributed by atoms with van der Waals surface area (Å²) in [6.45, 7) is 2.12. The molecule has 0 saturated heterocycles. The van der Waals surface area contributed by atoms with Crippen molar-refractivity contribution < 1.29 is 0 Å². The predicted molar refractivity (Wildman–Crippen MR) is 57.1 cm³/mol. The summed E-state index contributed by atoms with van der Waals surface area (Å²) in [5.74, 6) is 0. The molecule has 0 N–H and O–H groups in total. The molecule has 0 aliphatic rings. The number of pyridine rings is 1. The van der Waals surface area contributed by atoms with Crippen molar-refractivity contribution in [1.29, 1.82) is 0 Å². The lowest BCUT2D eigenvalue weighted by molar-refractivity contribution is 1.39. The van der Waals surface area contributed by atoms with Crippen molar-refractivity contribution in [3.63, 3.8) is 0 Å². The maximum absolute atomic E-state index is 4.27. The highest BCUT2D eigenvalue weighted by atomic mass is 127. The molecule has 2 heterocycles. The van der Waals surface area contributed by atoms with E-state index in [2.05, 4.69) is 46.6 Å².